The van der Waals surface area contributed by atoms with Crippen LogP contribution in [0.15, 0.2) is 65.6 Å². The number of aliphatic hydroxyl groups is 1. The lowest BCUT2D eigenvalue weighted by Crippen LogP contribution is -2.28. The number of hydrogen-bond donors (Lipinski definition) is 1. The third kappa shape index (κ3) is 5.09. The number of aliphatic hydroxyl groups excluding tert-OH is 1. The molecular weight excluding hydrogens is 478 g/mol. The fourth-order valence-electron chi connectivity index (χ4n) is 4.13. The smallest absolute Gasteiger partial charge is 0.295 e. The van der Waals surface area contributed by atoms with E-state index in [1.165, 1.54) is 30.5 Å². The van der Waals surface area contributed by atoms with Crippen LogP contribution in [0, 0.1) is 5.92 Å². The van der Waals surface area contributed by atoms with Gasteiger partial charge in [-0.3, -0.25) is 9.59 Å². The second kappa shape index (κ2) is 10.9. The van der Waals surface area contributed by atoms with Crippen molar-refractivity contribution in [1.82, 2.24) is 4.90 Å². The van der Waals surface area contributed by atoms with Gasteiger partial charge in [0, 0.05) is 10.4 Å². The highest BCUT2D eigenvalue weighted by Gasteiger charge is 2.46. The van der Waals surface area contributed by atoms with E-state index in [0.29, 0.717) is 40.9 Å². The first-order valence-electron chi connectivity index (χ1n) is 11.6. The first-order chi connectivity index (χ1) is 17.3. The van der Waals surface area contributed by atoms with E-state index >= 15 is 0 Å². The molecule has 8 heteroatoms. The molecule has 0 aliphatic carbocycles. The molecule has 1 aromatic heterocycles. The molecule has 1 aliphatic rings. The molecule has 1 unspecified atom stereocenters. The lowest BCUT2D eigenvalue weighted by Gasteiger charge is -2.25. The van der Waals surface area contributed by atoms with Crippen LogP contribution in [-0.2, 0) is 16.1 Å². The monoisotopic (exact) mass is 507 g/mol. The molecule has 0 spiro atoms. The Balaban J connectivity index is 1.83. The number of likely N-dealkylation sites (tertiary alicyclic amines) is 1. The van der Waals surface area contributed by atoms with Gasteiger partial charge in [0.25, 0.3) is 11.7 Å². The summed E-state index contributed by atoms with van der Waals surface area (Å²) in [7, 11) is 3.06. The van der Waals surface area contributed by atoms with Crippen LogP contribution in [-0.4, -0.2) is 42.5 Å². The van der Waals surface area contributed by atoms with Gasteiger partial charge in [0.05, 0.1) is 39.0 Å². The summed E-state index contributed by atoms with van der Waals surface area (Å²) in [5.74, 6) is 0.219. The maximum atomic E-state index is 13.3. The van der Waals surface area contributed by atoms with Gasteiger partial charge in [-0.05, 0) is 47.2 Å². The summed E-state index contributed by atoms with van der Waals surface area (Å²) in [5, 5.41) is 13.3. The standard InChI is InChI=1S/C28H29NO6S/c1-17(2)16-35-20-8-5-7-19(13-20)26(30)24-25(18-10-11-22(33-3)23(14-18)34-4)29(28(32)27(24)31)15-21-9-6-12-36-21/h5-14,17,25,30H,15-16H2,1-4H3/b26-24-. The summed E-state index contributed by atoms with van der Waals surface area (Å²) >= 11 is 1.49. The number of methoxy groups -OCH3 is 2. The molecule has 0 bridgehead atoms. The topological polar surface area (TPSA) is 85.3 Å². The molecule has 2 aromatic carbocycles. The number of thiophene rings is 1. The Hall–Kier alpha value is -3.78. The van der Waals surface area contributed by atoms with Gasteiger partial charge in [0.2, 0.25) is 0 Å². The maximum Gasteiger partial charge on any atom is 0.295 e. The van der Waals surface area contributed by atoms with Crippen molar-refractivity contribution >= 4 is 28.8 Å². The third-order valence-electron chi connectivity index (χ3n) is 5.86. The van der Waals surface area contributed by atoms with Crippen LogP contribution in [0.5, 0.6) is 17.2 Å². The molecule has 2 heterocycles. The minimum Gasteiger partial charge on any atom is -0.507 e. The number of ketones is 1. The molecular formula is C28H29NO6S. The van der Waals surface area contributed by atoms with Gasteiger partial charge in [0.1, 0.15) is 11.5 Å². The minimum atomic E-state index is -0.813. The molecule has 1 atom stereocenters. The van der Waals surface area contributed by atoms with Gasteiger partial charge in [-0.25, -0.2) is 0 Å². The molecule has 0 saturated carbocycles. The predicted molar refractivity (Wildman–Crippen MR) is 138 cm³/mol. The van der Waals surface area contributed by atoms with Crippen LogP contribution in [0.1, 0.15) is 35.9 Å². The molecule has 0 radical (unpaired) electrons. The minimum absolute atomic E-state index is 0.0183. The Morgan fingerprint density at radius 2 is 1.81 bits per heavy atom. The summed E-state index contributed by atoms with van der Waals surface area (Å²) in [4.78, 5) is 29.0. The lowest BCUT2D eigenvalue weighted by atomic mass is 9.95. The van der Waals surface area contributed by atoms with Crippen LogP contribution in [0.3, 0.4) is 0 Å². The fourth-order valence-corrected chi connectivity index (χ4v) is 4.84. The van der Waals surface area contributed by atoms with Gasteiger partial charge < -0.3 is 24.2 Å². The van der Waals surface area contributed by atoms with Crippen molar-refractivity contribution in [2.45, 2.75) is 26.4 Å². The zero-order chi connectivity index (χ0) is 25.8. The fraction of sp³-hybridized carbons (Fsp3) is 0.286. The van der Waals surface area contributed by atoms with Gasteiger partial charge in [-0.2, -0.15) is 0 Å². The average Bonchev–Trinajstić information content (AvgIpc) is 3.49. The average molecular weight is 508 g/mol. The number of carbonyl (C=O) groups is 2. The summed E-state index contributed by atoms with van der Waals surface area (Å²) in [5.41, 5.74) is 1.04. The SMILES string of the molecule is COc1ccc(C2/C(=C(/O)c3cccc(OCC(C)C)c3)C(=O)C(=O)N2Cc2cccs2)cc1OC. The second-order valence-corrected chi connectivity index (χ2v) is 9.89. The summed E-state index contributed by atoms with van der Waals surface area (Å²) in [6, 6.07) is 15.1. The van der Waals surface area contributed by atoms with E-state index in [9.17, 15) is 14.7 Å². The van der Waals surface area contributed by atoms with Gasteiger partial charge in [-0.15, -0.1) is 11.3 Å². The molecule has 1 amide bonds. The Morgan fingerprint density at radius 1 is 1.03 bits per heavy atom. The van der Waals surface area contributed by atoms with Crippen molar-refractivity contribution in [3.8, 4) is 17.2 Å². The first-order valence-corrected chi connectivity index (χ1v) is 12.5. The van der Waals surface area contributed by atoms with Crippen LogP contribution in [0.2, 0.25) is 0 Å². The highest BCUT2D eigenvalue weighted by atomic mass is 32.1. The summed E-state index contributed by atoms with van der Waals surface area (Å²) in [6.45, 7) is 4.83. The second-order valence-electron chi connectivity index (χ2n) is 8.85. The summed E-state index contributed by atoms with van der Waals surface area (Å²) in [6.07, 6.45) is 0. The van der Waals surface area contributed by atoms with E-state index in [1.807, 2.05) is 31.4 Å². The Labute approximate surface area is 214 Å². The van der Waals surface area contributed by atoms with Gasteiger partial charge in [-0.1, -0.05) is 38.1 Å². The van der Waals surface area contributed by atoms with E-state index in [1.54, 1.807) is 42.5 Å². The Kier molecular flexibility index (Phi) is 7.64. The molecule has 4 rings (SSSR count). The molecule has 1 saturated heterocycles. The number of ether oxygens (including phenoxy) is 3. The van der Waals surface area contributed by atoms with E-state index < -0.39 is 17.7 Å². The highest BCUT2D eigenvalue weighted by molar-refractivity contribution is 7.09. The van der Waals surface area contributed by atoms with E-state index in [-0.39, 0.29) is 17.9 Å². The Bertz CT molecular complexity index is 1280. The van der Waals surface area contributed by atoms with Crippen LogP contribution in [0.25, 0.3) is 5.76 Å². The number of nitrogens with zero attached hydrogens (tertiary/aromatic N) is 1. The lowest BCUT2D eigenvalue weighted by molar-refractivity contribution is -0.140. The first kappa shape index (κ1) is 25.3. The number of benzene rings is 2. The zero-order valence-corrected chi connectivity index (χ0v) is 21.5. The number of rotatable bonds is 9. The summed E-state index contributed by atoms with van der Waals surface area (Å²) < 4.78 is 16.6. The predicted octanol–water partition coefficient (Wildman–Crippen LogP) is 5.42. The quantitative estimate of drug-likeness (QED) is 0.236. The molecule has 1 N–H and O–H groups in total. The third-order valence-corrected chi connectivity index (χ3v) is 6.72. The number of amides is 1. The van der Waals surface area contributed by atoms with Crippen molar-refractivity contribution in [2.24, 2.45) is 5.92 Å². The van der Waals surface area contributed by atoms with Crippen LogP contribution < -0.4 is 14.2 Å². The number of hydrogen-bond acceptors (Lipinski definition) is 7. The van der Waals surface area contributed by atoms with E-state index in [2.05, 4.69) is 0 Å². The van der Waals surface area contributed by atoms with Crippen molar-refractivity contribution in [3.63, 3.8) is 0 Å². The van der Waals surface area contributed by atoms with Crippen LogP contribution in [0.4, 0.5) is 0 Å². The van der Waals surface area contributed by atoms with Crippen molar-refractivity contribution < 1.29 is 28.9 Å². The van der Waals surface area contributed by atoms with E-state index in [0.717, 1.165) is 4.88 Å². The molecule has 188 valence electrons. The molecule has 1 aliphatic heterocycles. The Morgan fingerprint density at radius 3 is 2.47 bits per heavy atom. The van der Waals surface area contributed by atoms with E-state index in [4.69, 9.17) is 14.2 Å². The van der Waals surface area contributed by atoms with Gasteiger partial charge in [0.15, 0.2) is 11.5 Å². The molecule has 36 heavy (non-hydrogen) atoms. The van der Waals surface area contributed by atoms with Crippen LogP contribution >= 0.6 is 11.3 Å². The molecule has 7 nitrogen and oxygen atoms in total. The molecule has 3 aromatic rings. The van der Waals surface area contributed by atoms with Crippen molar-refractivity contribution in [2.75, 3.05) is 20.8 Å². The number of carbonyl (C=O) groups excluding carboxylic acids is 2. The largest absolute Gasteiger partial charge is 0.507 e. The number of Topliss-reactive ketones (excluding diaryl/α,β-unsaturated/α-hetero) is 1. The van der Waals surface area contributed by atoms with Crippen molar-refractivity contribution in [3.05, 3.63) is 81.6 Å². The zero-order valence-electron chi connectivity index (χ0n) is 20.7. The maximum absolute atomic E-state index is 13.3. The normalized spacial score (nSPS) is 17.0. The van der Waals surface area contributed by atoms with Crippen molar-refractivity contribution in [1.29, 1.82) is 0 Å². The van der Waals surface area contributed by atoms with Gasteiger partial charge >= 0.3 is 0 Å². The molecule has 1 fully saturated rings. The highest BCUT2D eigenvalue weighted by Crippen LogP contribution is 2.43.